The predicted octanol–water partition coefficient (Wildman–Crippen LogP) is 0.500. The molecule has 0 spiro atoms. The predicted molar refractivity (Wildman–Crippen MR) is 132 cm³/mol. The summed E-state index contributed by atoms with van der Waals surface area (Å²) < 4.78 is 65.3. The van der Waals surface area contributed by atoms with Crippen molar-refractivity contribution in [2.75, 3.05) is 32.3 Å². The van der Waals surface area contributed by atoms with E-state index in [-0.39, 0.29) is 32.2 Å². The van der Waals surface area contributed by atoms with Crippen molar-refractivity contribution in [3.05, 3.63) is 30.7 Å². The number of phosphoric acid groups is 3. The topological polar surface area (TPSA) is 270 Å². The van der Waals surface area contributed by atoms with Crippen LogP contribution in [0.4, 0.5) is 5.82 Å². The van der Waals surface area contributed by atoms with Crippen LogP contribution in [0.3, 0.4) is 0 Å². The lowest BCUT2D eigenvalue weighted by molar-refractivity contribution is -0.112. The van der Waals surface area contributed by atoms with Crippen molar-refractivity contribution in [1.82, 2.24) is 14.5 Å². The fourth-order valence-corrected chi connectivity index (χ4v) is 6.53. The number of aromatic nitrogens is 3. The van der Waals surface area contributed by atoms with Gasteiger partial charge in [-0.05, 0) is 0 Å². The molecule has 0 bridgehead atoms. The number of nitrogen functional groups attached to an aromatic ring is 1. The smallest absolute Gasteiger partial charge is 0.383 e. The molecule has 3 rings (SSSR count). The Morgan fingerprint density at radius 3 is 2.62 bits per heavy atom. The lowest BCUT2D eigenvalue weighted by Gasteiger charge is -2.21. The number of anilines is 1. The highest BCUT2D eigenvalue weighted by molar-refractivity contribution is 7.66. The zero-order valence-corrected chi connectivity index (χ0v) is 22.7. The molecule has 0 radical (unpaired) electrons. The van der Waals surface area contributed by atoms with E-state index < -0.39 is 48.5 Å². The Labute approximate surface area is 221 Å². The average Bonchev–Trinajstić information content (AvgIpc) is 3.39. The van der Waals surface area contributed by atoms with Gasteiger partial charge in [0.2, 0.25) is 0 Å². The van der Waals surface area contributed by atoms with E-state index in [0.717, 1.165) is 0 Å². The van der Waals surface area contributed by atoms with Crippen LogP contribution in [0.25, 0.3) is 11.0 Å². The lowest BCUT2D eigenvalue weighted by Crippen LogP contribution is -2.29. The molecule has 1 saturated heterocycles. The Morgan fingerprint density at radius 1 is 1.21 bits per heavy atom. The third kappa shape index (κ3) is 8.98. The number of phosphoric ester groups is 1. The number of nitrogens with zero attached hydrogens (tertiary/aromatic N) is 3. The quantitative estimate of drug-likeness (QED) is 0.0590. The summed E-state index contributed by atoms with van der Waals surface area (Å²) >= 11 is 0. The maximum Gasteiger partial charge on any atom is 0.490 e. The maximum atomic E-state index is 12.2. The van der Waals surface area contributed by atoms with Crippen molar-refractivity contribution in [2.24, 2.45) is 5.73 Å². The van der Waals surface area contributed by atoms with E-state index in [2.05, 4.69) is 37.0 Å². The Balaban J connectivity index is 1.82. The van der Waals surface area contributed by atoms with Crippen molar-refractivity contribution in [2.45, 2.75) is 24.9 Å². The van der Waals surface area contributed by atoms with Crippen molar-refractivity contribution in [3.63, 3.8) is 0 Å². The van der Waals surface area contributed by atoms with E-state index >= 15 is 0 Å². The maximum absolute atomic E-state index is 12.2. The van der Waals surface area contributed by atoms with Gasteiger partial charge in [-0.3, -0.25) is 4.52 Å². The van der Waals surface area contributed by atoms with Crippen LogP contribution in [0, 0.1) is 11.8 Å². The zero-order chi connectivity index (χ0) is 28.8. The summed E-state index contributed by atoms with van der Waals surface area (Å²) in [6.45, 7) is 2.83. The largest absolute Gasteiger partial charge is 0.490 e. The molecule has 216 valence electrons. The van der Waals surface area contributed by atoms with E-state index in [1.165, 1.54) is 12.4 Å². The first-order valence-electron chi connectivity index (χ1n) is 10.8. The van der Waals surface area contributed by atoms with Crippen LogP contribution in [0.2, 0.25) is 0 Å². The van der Waals surface area contributed by atoms with Gasteiger partial charge in [0.15, 0.2) is 0 Å². The van der Waals surface area contributed by atoms with Gasteiger partial charge < -0.3 is 49.8 Å². The number of ether oxygens (including phenoxy) is 3. The van der Waals surface area contributed by atoms with Crippen LogP contribution in [0.5, 0.6) is 0 Å². The summed E-state index contributed by atoms with van der Waals surface area (Å²) in [6, 6.07) is 0. The van der Waals surface area contributed by atoms with Gasteiger partial charge in [-0.1, -0.05) is 17.9 Å². The molecule has 1 aliphatic rings. The summed E-state index contributed by atoms with van der Waals surface area (Å²) in [5.41, 5.74) is 12.3. The number of hydrogen-bond donors (Lipinski definition) is 6. The monoisotopic (exact) mass is 613 g/mol. The number of nitrogens with two attached hydrogens (primary N) is 2. The molecule has 3 heterocycles. The molecule has 18 nitrogen and oxygen atoms in total. The summed E-state index contributed by atoms with van der Waals surface area (Å²) in [5, 5.41) is 0.450. The van der Waals surface area contributed by atoms with E-state index in [4.69, 9.17) is 40.0 Å². The molecular formula is C18H26N5O13P3. The van der Waals surface area contributed by atoms with Gasteiger partial charge >= 0.3 is 23.5 Å². The molecular weight excluding hydrogens is 587 g/mol. The van der Waals surface area contributed by atoms with Crippen LogP contribution in [0.15, 0.2) is 25.2 Å². The molecule has 0 aromatic carbocycles. The van der Waals surface area contributed by atoms with Crippen LogP contribution in [-0.4, -0.2) is 72.9 Å². The molecule has 5 atom stereocenters. The van der Waals surface area contributed by atoms with Gasteiger partial charge in [0, 0.05) is 12.6 Å². The van der Waals surface area contributed by atoms with Crippen molar-refractivity contribution in [3.8, 4) is 11.8 Å². The molecule has 39 heavy (non-hydrogen) atoms. The van der Waals surface area contributed by atoms with Gasteiger partial charge in [-0.2, -0.15) is 8.62 Å². The van der Waals surface area contributed by atoms with Crippen LogP contribution >= 0.6 is 23.5 Å². The number of hydrogen-bond acceptors (Lipinski definition) is 13. The Hall–Kier alpha value is -2.03. The average molecular weight is 613 g/mol. The van der Waals surface area contributed by atoms with E-state index in [9.17, 15) is 23.5 Å². The third-order valence-corrected chi connectivity index (χ3v) is 8.68. The van der Waals surface area contributed by atoms with Gasteiger partial charge in [-0.15, -0.1) is 6.58 Å². The summed E-state index contributed by atoms with van der Waals surface area (Å²) in [4.78, 5) is 44.7. The molecule has 21 heteroatoms. The van der Waals surface area contributed by atoms with E-state index in [1.807, 2.05) is 0 Å². The molecule has 0 aliphatic carbocycles. The molecule has 2 aromatic heterocycles. The molecule has 1 fully saturated rings. The summed E-state index contributed by atoms with van der Waals surface area (Å²) in [7, 11) is -16.6. The highest BCUT2D eigenvalue weighted by Crippen LogP contribution is 2.66. The van der Waals surface area contributed by atoms with E-state index in [0.29, 0.717) is 16.6 Å². The Morgan fingerprint density at radius 2 is 1.95 bits per heavy atom. The molecule has 0 amide bonds. The van der Waals surface area contributed by atoms with Gasteiger partial charge in [-0.25, -0.2) is 23.7 Å². The minimum Gasteiger partial charge on any atom is -0.383 e. The molecule has 0 saturated carbocycles. The second kappa shape index (κ2) is 13.1. The standard InChI is InChI=1S/C18H26N5O13P3/c1-2-6-31-11-32-13-7-15(23-8-12(4-3-5-19)16-17(20)21-10-22-18(16)23)34-14(13)9-33-38(27,28)36-39(29,30)35-37(24,25)26/h2,8,10,13-15H,1,5-7,9,11,19H2,(H,27,28)(H,29,30)(H2,20,21,22)(H2,24,25,26)/t13-,14?,15?/m1/s1. The first-order chi connectivity index (χ1) is 18.3. The minimum atomic E-state index is -5.69. The second-order valence-corrected chi connectivity index (χ2v) is 12.1. The first kappa shape index (κ1) is 31.5. The first-order valence-corrected chi connectivity index (χ1v) is 15.3. The molecule has 2 aromatic rings. The van der Waals surface area contributed by atoms with Gasteiger partial charge in [0.1, 0.15) is 36.9 Å². The zero-order valence-electron chi connectivity index (χ0n) is 20.0. The van der Waals surface area contributed by atoms with Crippen LogP contribution in [0.1, 0.15) is 18.2 Å². The Kier molecular flexibility index (Phi) is 10.6. The molecule has 4 unspecified atom stereocenters. The van der Waals surface area contributed by atoms with Crippen LogP contribution < -0.4 is 11.5 Å². The van der Waals surface area contributed by atoms with Gasteiger partial charge in [0.25, 0.3) is 0 Å². The van der Waals surface area contributed by atoms with Crippen LogP contribution in [-0.2, 0) is 41.1 Å². The third-order valence-electron chi connectivity index (χ3n) is 4.87. The summed E-state index contributed by atoms with van der Waals surface area (Å²) in [6.07, 6.45) is 1.79. The normalized spacial score (nSPS) is 22.6. The van der Waals surface area contributed by atoms with Crippen molar-refractivity contribution >= 4 is 40.3 Å². The molecule has 8 N–H and O–H groups in total. The fraction of sp³-hybridized carbons (Fsp3) is 0.444. The van der Waals surface area contributed by atoms with Gasteiger partial charge in [0.05, 0.1) is 36.8 Å². The second-order valence-electron chi connectivity index (χ2n) is 7.65. The minimum absolute atomic E-state index is 0.0868. The van der Waals surface area contributed by atoms with E-state index in [1.54, 1.807) is 10.8 Å². The highest BCUT2D eigenvalue weighted by Gasteiger charge is 2.43. The highest BCUT2D eigenvalue weighted by atomic mass is 31.3. The fourth-order valence-electron chi connectivity index (χ4n) is 3.50. The number of fused-ring (bicyclic) bond motifs is 1. The summed E-state index contributed by atoms with van der Waals surface area (Å²) in [5.74, 6) is 5.77. The SMILES string of the molecule is C=CCOCO[C@@H]1CC(n2cc(C#CCN)c3c(N)ncnc32)OC1COP(=O)(O)OP(=O)(O)OP(=O)(O)O. The van der Waals surface area contributed by atoms with Crippen molar-refractivity contribution < 1.29 is 60.6 Å². The Bertz CT molecular complexity index is 1390. The lowest BCUT2D eigenvalue weighted by atomic mass is 10.2. The van der Waals surface area contributed by atoms with Crippen molar-refractivity contribution in [1.29, 1.82) is 0 Å². The molecule has 1 aliphatic heterocycles. The number of rotatable bonds is 13.